The van der Waals surface area contributed by atoms with Gasteiger partial charge in [0.2, 0.25) is 5.91 Å². The van der Waals surface area contributed by atoms with Gasteiger partial charge in [-0.1, -0.05) is 54.6 Å². The average Bonchev–Trinajstić information content (AvgIpc) is 3.52. The van der Waals surface area contributed by atoms with Gasteiger partial charge in [0.1, 0.15) is 0 Å². The highest BCUT2D eigenvalue weighted by atomic mass is 16.5. The van der Waals surface area contributed by atoms with E-state index in [1.807, 2.05) is 59.5 Å². The number of rotatable bonds is 9. The van der Waals surface area contributed by atoms with Crippen molar-refractivity contribution in [1.82, 2.24) is 9.80 Å². The number of benzene rings is 3. The molecule has 2 saturated heterocycles. The van der Waals surface area contributed by atoms with Crippen molar-refractivity contribution in [3.05, 3.63) is 101 Å². The van der Waals surface area contributed by atoms with Gasteiger partial charge in [-0.2, -0.15) is 5.26 Å². The summed E-state index contributed by atoms with van der Waals surface area (Å²) < 4.78 is 6.54. The van der Waals surface area contributed by atoms with Gasteiger partial charge in [0.15, 0.2) is 0 Å². The molecule has 6 heteroatoms. The third-order valence-electron chi connectivity index (χ3n) is 7.59. The van der Waals surface area contributed by atoms with Crippen LogP contribution in [0.15, 0.2) is 78.9 Å². The average molecular weight is 509 g/mol. The Morgan fingerprint density at radius 1 is 0.842 bits per heavy atom. The zero-order chi connectivity index (χ0) is 26.2. The number of hydrogen-bond donors (Lipinski definition) is 0. The normalized spacial score (nSPS) is 16.8. The second-order valence-electron chi connectivity index (χ2n) is 10.2. The molecule has 0 spiro atoms. The van der Waals surface area contributed by atoms with E-state index in [0.29, 0.717) is 18.6 Å². The van der Waals surface area contributed by atoms with Crippen LogP contribution in [0, 0.1) is 11.3 Å². The maximum absolute atomic E-state index is 12.8. The summed E-state index contributed by atoms with van der Waals surface area (Å²) in [4.78, 5) is 19.7. The van der Waals surface area contributed by atoms with Crippen LogP contribution in [0.25, 0.3) is 0 Å². The molecule has 2 aliphatic heterocycles. The first kappa shape index (κ1) is 26.0. The maximum atomic E-state index is 12.8. The van der Waals surface area contributed by atoms with Crippen LogP contribution in [0.4, 0.5) is 5.69 Å². The fraction of sp³-hybridized carbons (Fsp3) is 0.375. The Kier molecular flexibility index (Phi) is 8.70. The van der Waals surface area contributed by atoms with E-state index < -0.39 is 0 Å². The molecule has 1 atom stereocenters. The minimum absolute atomic E-state index is 0.0835. The minimum Gasteiger partial charge on any atom is -0.372 e. The van der Waals surface area contributed by atoms with E-state index in [4.69, 9.17) is 10.00 Å². The number of anilines is 1. The second-order valence-corrected chi connectivity index (χ2v) is 10.2. The first-order valence-electron chi connectivity index (χ1n) is 13.7. The Morgan fingerprint density at radius 2 is 1.58 bits per heavy atom. The monoisotopic (exact) mass is 508 g/mol. The fourth-order valence-electron chi connectivity index (χ4n) is 5.32. The lowest BCUT2D eigenvalue weighted by atomic mass is 10.1. The summed E-state index contributed by atoms with van der Waals surface area (Å²) in [5, 5.41) is 9.10. The Hall–Kier alpha value is -3.66. The molecular weight excluding hydrogens is 472 g/mol. The molecular formula is C32H36N4O2. The van der Waals surface area contributed by atoms with Crippen LogP contribution >= 0.6 is 0 Å². The number of ether oxygens (including phenoxy) is 1. The number of piperazine rings is 1. The summed E-state index contributed by atoms with van der Waals surface area (Å²) in [6.45, 7) is 6.63. The lowest BCUT2D eigenvalue weighted by molar-refractivity contribution is -0.132. The number of amides is 1. The second kappa shape index (κ2) is 12.7. The van der Waals surface area contributed by atoms with Crippen molar-refractivity contribution in [2.75, 3.05) is 50.7 Å². The molecule has 2 fully saturated rings. The van der Waals surface area contributed by atoms with E-state index >= 15 is 0 Å². The van der Waals surface area contributed by atoms with Gasteiger partial charge < -0.3 is 14.5 Å². The van der Waals surface area contributed by atoms with Gasteiger partial charge >= 0.3 is 0 Å². The van der Waals surface area contributed by atoms with Crippen LogP contribution in [0.1, 0.15) is 41.2 Å². The molecule has 1 amide bonds. The number of nitrogens with zero attached hydrogens (tertiary/aromatic N) is 4. The molecule has 0 bridgehead atoms. The van der Waals surface area contributed by atoms with Crippen LogP contribution in [0.5, 0.6) is 0 Å². The molecule has 2 aliphatic rings. The van der Waals surface area contributed by atoms with Crippen LogP contribution in [-0.4, -0.2) is 61.5 Å². The van der Waals surface area contributed by atoms with Gasteiger partial charge in [-0.05, 0) is 53.8 Å². The molecule has 6 nitrogen and oxygen atoms in total. The molecule has 3 aromatic rings. The van der Waals surface area contributed by atoms with Gasteiger partial charge in [-0.15, -0.1) is 0 Å². The summed E-state index contributed by atoms with van der Waals surface area (Å²) >= 11 is 0. The Bertz CT molecular complexity index is 1220. The van der Waals surface area contributed by atoms with Crippen LogP contribution < -0.4 is 4.90 Å². The zero-order valence-corrected chi connectivity index (χ0v) is 22.0. The van der Waals surface area contributed by atoms with Gasteiger partial charge in [0, 0.05) is 51.5 Å². The highest BCUT2D eigenvalue weighted by Gasteiger charge is 2.25. The first-order chi connectivity index (χ1) is 18.7. The Balaban J connectivity index is 1.23. The molecule has 196 valence electrons. The summed E-state index contributed by atoms with van der Waals surface area (Å²) in [6, 6.07) is 28.6. The van der Waals surface area contributed by atoms with Crippen LogP contribution in [0.3, 0.4) is 0 Å². The SMILES string of the molecule is N#Cc1ccc(CO[C@H](CN2CCN(C(=O)Cc3ccccc3)CC2)c2cccc(N3CCCC3)c2)cc1. The predicted octanol–water partition coefficient (Wildman–Crippen LogP) is 4.80. The Morgan fingerprint density at radius 3 is 2.29 bits per heavy atom. The quantitative estimate of drug-likeness (QED) is 0.415. The van der Waals surface area contributed by atoms with E-state index in [1.165, 1.54) is 24.1 Å². The topological polar surface area (TPSA) is 59.8 Å². The zero-order valence-electron chi connectivity index (χ0n) is 22.0. The van der Waals surface area contributed by atoms with E-state index in [0.717, 1.165) is 56.9 Å². The van der Waals surface area contributed by atoms with E-state index in [1.54, 1.807) is 0 Å². The number of hydrogen-bond acceptors (Lipinski definition) is 5. The van der Waals surface area contributed by atoms with Crippen LogP contribution in [0.2, 0.25) is 0 Å². The van der Waals surface area contributed by atoms with Crippen molar-refractivity contribution in [2.24, 2.45) is 0 Å². The van der Waals surface area contributed by atoms with E-state index in [2.05, 4.69) is 40.1 Å². The molecule has 38 heavy (non-hydrogen) atoms. The van der Waals surface area contributed by atoms with Crippen LogP contribution in [-0.2, 0) is 22.6 Å². The van der Waals surface area contributed by atoms with E-state index in [-0.39, 0.29) is 12.0 Å². The summed E-state index contributed by atoms with van der Waals surface area (Å²) in [7, 11) is 0. The number of nitriles is 1. The summed E-state index contributed by atoms with van der Waals surface area (Å²) in [5.41, 5.74) is 5.23. The van der Waals surface area contributed by atoms with Gasteiger partial charge in [-0.3, -0.25) is 9.69 Å². The third-order valence-corrected chi connectivity index (χ3v) is 7.59. The summed E-state index contributed by atoms with van der Waals surface area (Å²) in [5.74, 6) is 0.197. The third kappa shape index (κ3) is 6.80. The maximum Gasteiger partial charge on any atom is 0.227 e. The standard InChI is InChI=1S/C32H36N4O2/c33-23-27-11-13-28(14-12-27)25-38-31(29-9-6-10-30(22-29)35-15-4-5-16-35)24-34-17-19-36(20-18-34)32(37)21-26-7-2-1-3-8-26/h1-3,6-14,22,31H,4-5,15-21,24-25H2/t31-/m1/s1. The lowest BCUT2D eigenvalue weighted by Gasteiger charge is -2.36. The highest BCUT2D eigenvalue weighted by molar-refractivity contribution is 5.78. The molecule has 5 rings (SSSR count). The molecule has 0 saturated carbocycles. The molecule has 0 aliphatic carbocycles. The molecule has 2 heterocycles. The van der Waals surface area contributed by atoms with Crippen molar-refractivity contribution < 1.29 is 9.53 Å². The Labute approximate surface area is 226 Å². The van der Waals surface area contributed by atoms with Crippen molar-refractivity contribution in [3.63, 3.8) is 0 Å². The molecule has 0 aromatic heterocycles. The van der Waals surface area contributed by atoms with Crippen molar-refractivity contribution >= 4 is 11.6 Å². The fourth-order valence-corrected chi connectivity index (χ4v) is 5.32. The van der Waals surface area contributed by atoms with Gasteiger partial charge in [-0.25, -0.2) is 0 Å². The number of carbonyl (C=O) groups excluding carboxylic acids is 1. The molecule has 3 aromatic carbocycles. The lowest BCUT2D eigenvalue weighted by Crippen LogP contribution is -2.50. The predicted molar refractivity (Wildman–Crippen MR) is 150 cm³/mol. The number of carbonyl (C=O) groups is 1. The van der Waals surface area contributed by atoms with Crippen molar-refractivity contribution in [2.45, 2.75) is 32.0 Å². The molecule has 0 unspecified atom stereocenters. The van der Waals surface area contributed by atoms with Gasteiger partial charge in [0.05, 0.1) is 30.8 Å². The van der Waals surface area contributed by atoms with E-state index in [9.17, 15) is 4.79 Å². The van der Waals surface area contributed by atoms with Crippen molar-refractivity contribution in [3.8, 4) is 6.07 Å². The first-order valence-corrected chi connectivity index (χ1v) is 13.7. The molecule has 0 radical (unpaired) electrons. The highest BCUT2D eigenvalue weighted by Crippen LogP contribution is 2.27. The van der Waals surface area contributed by atoms with Crippen molar-refractivity contribution in [1.29, 1.82) is 5.26 Å². The smallest absolute Gasteiger partial charge is 0.227 e. The summed E-state index contributed by atoms with van der Waals surface area (Å²) in [6.07, 6.45) is 2.87. The van der Waals surface area contributed by atoms with Gasteiger partial charge in [0.25, 0.3) is 0 Å². The molecule has 0 N–H and O–H groups in total. The largest absolute Gasteiger partial charge is 0.372 e. The minimum atomic E-state index is -0.0835.